The number of morpholine rings is 1. The van der Waals surface area contributed by atoms with E-state index < -0.39 is 0 Å². The molecule has 5 N–H and O–H groups in total. The molecule has 12 heterocycles. The molecule has 15 aromatic rings. The fourth-order valence-corrected chi connectivity index (χ4v) is 16.8. The molecule has 10 aromatic heterocycles. The van der Waals surface area contributed by atoms with Crippen molar-refractivity contribution in [2.75, 3.05) is 121 Å². The summed E-state index contributed by atoms with van der Waals surface area (Å²) in [6, 6.07) is 39.7. The van der Waals surface area contributed by atoms with Crippen LogP contribution < -0.4 is 74.0 Å². The second kappa shape index (κ2) is 50.8. The van der Waals surface area contributed by atoms with Crippen LogP contribution in [0.15, 0.2) is 154 Å². The number of methoxy groups -OCH3 is 2. The lowest BCUT2D eigenvalue weighted by molar-refractivity contribution is 0.0322. The Morgan fingerprint density at radius 1 is 0.427 bits per heavy atom. The molecule has 0 bridgehead atoms. The monoisotopic (exact) mass is 2030 g/mol. The summed E-state index contributed by atoms with van der Waals surface area (Å²) in [6.07, 6.45) is 5.49. The first-order valence-electron chi connectivity index (χ1n) is 48.4. The standard InChI is InChI=1S/C24H32ClN5O3.C24H33N5O3.C20H21ClN4O2S.C19H21ClN2O3.C19H24N4O2/c1-15(2)27-24-29-19(14-32-24)18-13-21(33-16(3)4)17-5-6-20(22(25)23(17)28-18)31-12-11-30-9-7-26-8-10-30;1-17(2)25-23-7-8-29(27-23)24-16-22(32-18(3)4)20-6-5-19(15-21(20)26-24)31-14-11-28-9-12-30-13-10-28;1-11(2)23-20-25-15(9-28-20)14-8-17(27-12(3)4)13-6-7-16(26-10-22-5)18(21)19(13)24-14;1-10(2)16-9-14(22-25-16)13-8-17(24-11(3)4)12-6-7-15(23-5)18(20)19(12)21-13;1-12(2)20-18-8-9-23(22-18)19-11-17(25-13(3)4)15-7-6-14(24-5)10-16(15)21-19/h5-6,13-16,26H,7-12H2,1-4H3,(H,27,29);5-8,15-18H,9-14H2,1-4H3,(H,25,27);6-9,11-12H,10H2,1-4H3,(H,23,25);6-11H,1-5H3;6-13H,1-5H3,(H,20,22). The van der Waals surface area contributed by atoms with Crippen molar-refractivity contribution in [1.29, 1.82) is 0 Å². The SMILES string of the molecule is CC(C)Nc1ccn(-c2cc(OC(C)C)c3ccc(OCCN4CCOCC4)cc3n2)n1.CC(C)Nc1nc(-c2cc(OC(C)C)c3ccc(OCCN4CCNCC4)c(Cl)c3n2)co1.COc1ccc2c(OC(C)C)cc(-c3cc(C(C)C)on3)nc2c1Cl.COc1ccc2c(OC(C)C)cc(-n3ccc(NC(C)C)n3)nc2c1.[C-]#[N+]COc1ccc2c(OC(C)C)cc(-c3csc(NC(C)C)n3)nc2c1Cl. The van der Waals surface area contributed by atoms with Crippen molar-refractivity contribution < 1.29 is 61.0 Å². The topological polar surface area (TPSA) is 338 Å². The lowest BCUT2D eigenvalue weighted by Gasteiger charge is -2.27. The number of halogens is 3. The fourth-order valence-electron chi connectivity index (χ4n) is 15.1. The number of oxazole rings is 1. The van der Waals surface area contributed by atoms with Gasteiger partial charge >= 0.3 is 6.73 Å². The highest BCUT2D eigenvalue weighted by Crippen LogP contribution is 2.44. The molecule has 0 saturated carbocycles. The molecule has 0 amide bonds. The highest BCUT2D eigenvalue weighted by atomic mass is 35.5. The number of nitrogens with zero attached hydrogens (tertiary/aromatic N) is 15. The van der Waals surface area contributed by atoms with Gasteiger partial charge in [0, 0.05) is 188 Å². The van der Waals surface area contributed by atoms with Gasteiger partial charge in [-0.05, 0) is 185 Å². The van der Waals surface area contributed by atoms with Crippen molar-refractivity contribution in [1.82, 2.24) is 74.7 Å². The molecule has 0 aliphatic carbocycles. The van der Waals surface area contributed by atoms with E-state index in [0.717, 1.165) is 155 Å². The van der Waals surface area contributed by atoms with Crippen LogP contribution in [0.2, 0.25) is 15.1 Å². The third-order valence-corrected chi connectivity index (χ3v) is 23.3. The number of nitrogens with one attached hydrogen (secondary N) is 5. The van der Waals surface area contributed by atoms with E-state index in [2.05, 4.69) is 113 Å². The molecule has 0 spiro atoms. The molecular formula is C106H131Cl3N20O13S. The van der Waals surface area contributed by atoms with E-state index >= 15 is 0 Å². The minimum atomic E-state index is -0.101. The molecule has 760 valence electrons. The lowest BCUT2D eigenvalue weighted by atomic mass is 10.1. The van der Waals surface area contributed by atoms with Gasteiger partial charge in [-0.15, -0.1) is 21.5 Å². The van der Waals surface area contributed by atoms with Crippen LogP contribution in [0.3, 0.4) is 0 Å². The second-order valence-corrected chi connectivity index (χ2v) is 38.9. The molecule has 5 aromatic carbocycles. The lowest BCUT2D eigenvalue weighted by Crippen LogP contribution is -2.44. The molecule has 2 saturated heterocycles. The highest BCUT2D eigenvalue weighted by molar-refractivity contribution is 7.14. The number of hydrogen-bond acceptors (Lipinski definition) is 31. The average molecular weight is 2030 g/mol. The van der Waals surface area contributed by atoms with E-state index in [1.54, 1.807) is 35.9 Å². The number of pyridine rings is 5. The Morgan fingerprint density at radius 2 is 0.867 bits per heavy atom. The van der Waals surface area contributed by atoms with Crippen molar-refractivity contribution in [3.05, 3.63) is 178 Å². The van der Waals surface area contributed by atoms with Gasteiger partial charge < -0.3 is 87.6 Å². The van der Waals surface area contributed by atoms with Gasteiger partial charge in [0.2, 0.25) is 0 Å². The van der Waals surface area contributed by atoms with Crippen LogP contribution in [0.25, 0.3) is 105 Å². The Hall–Kier alpha value is -13.0. The summed E-state index contributed by atoms with van der Waals surface area (Å²) < 4.78 is 78.2. The van der Waals surface area contributed by atoms with Crippen molar-refractivity contribution in [3.63, 3.8) is 0 Å². The van der Waals surface area contributed by atoms with Gasteiger partial charge in [-0.3, -0.25) is 14.6 Å². The highest BCUT2D eigenvalue weighted by Gasteiger charge is 2.26. The van der Waals surface area contributed by atoms with Crippen molar-refractivity contribution >= 4 is 123 Å². The zero-order chi connectivity index (χ0) is 102. The molecule has 33 nitrogen and oxygen atoms in total. The number of benzene rings is 5. The zero-order valence-corrected chi connectivity index (χ0v) is 88.5. The van der Waals surface area contributed by atoms with Crippen LogP contribution in [0, 0.1) is 6.57 Å². The van der Waals surface area contributed by atoms with E-state index in [4.69, 9.17) is 122 Å². The Balaban J connectivity index is 0.000000151. The zero-order valence-electron chi connectivity index (χ0n) is 85.4. The third kappa shape index (κ3) is 29.6. The molecule has 37 heteroatoms. The van der Waals surface area contributed by atoms with Crippen LogP contribution in [0.1, 0.15) is 150 Å². The van der Waals surface area contributed by atoms with Crippen LogP contribution in [-0.2, 0) is 4.74 Å². The number of piperazine rings is 1. The second-order valence-electron chi connectivity index (χ2n) is 36.9. The summed E-state index contributed by atoms with van der Waals surface area (Å²) >= 11 is 21.3. The smallest absolute Gasteiger partial charge is 0.357 e. The normalized spacial score (nSPS) is 12.9. The van der Waals surface area contributed by atoms with Crippen LogP contribution in [0.4, 0.5) is 22.8 Å². The molecule has 0 radical (unpaired) electrons. The summed E-state index contributed by atoms with van der Waals surface area (Å²) in [5.41, 5.74) is 7.35. The number of anilines is 4. The number of hydrogen-bond donors (Lipinski definition) is 5. The summed E-state index contributed by atoms with van der Waals surface area (Å²) in [5.74, 6) is 10.9. The van der Waals surface area contributed by atoms with E-state index in [9.17, 15) is 0 Å². The Labute approximate surface area is 854 Å². The van der Waals surface area contributed by atoms with Gasteiger partial charge in [0.25, 0.3) is 6.01 Å². The predicted molar refractivity (Wildman–Crippen MR) is 571 cm³/mol. The van der Waals surface area contributed by atoms with Gasteiger partial charge in [-0.25, -0.2) is 45.8 Å². The van der Waals surface area contributed by atoms with E-state index in [-0.39, 0.29) is 49.2 Å². The van der Waals surface area contributed by atoms with Gasteiger partial charge in [-0.2, -0.15) is 4.98 Å². The first-order valence-corrected chi connectivity index (χ1v) is 50.4. The van der Waals surface area contributed by atoms with Gasteiger partial charge in [0.15, 0.2) is 16.8 Å². The number of thiazole rings is 1. The maximum Gasteiger partial charge on any atom is 0.357 e. The minimum Gasteiger partial charge on any atom is -0.497 e. The Morgan fingerprint density at radius 3 is 1.34 bits per heavy atom. The molecule has 0 unspecified atom stereocenters. The van der Waals surface area contributed by atoms with Crippen molar-refractivity contribution in [3.8, 4) is 103 Å². The molecule has 2 fully saturated rings. The van der Waals surface area contributed by atoms with Crippen LogP contribution in [0.5, 0.6) is 57.5 Å². The molecule has 17 rings (SSSR count). The summed E-state index contributed by atoms with van der Waals surface area (Å²) in [4.78, 5) is 40.9. The first kappa shape index (κ1) is 107. The molecular weight excluding hydrogens is 1900 g/mol. The van der Waals surface area contributed by atoms with Crippen molar-refractivity contribution in [2.24, 2.45) is 0 Å². The quantitative estimate of drug-likeness (QED) is 0.0228. The maximum atomic E-state index is 6.90. The third-order valence-electron chi connectivity index (χ3n) is 21.4. The Bertz CT molecular complexity index is 6760. The summed E-state index contributed by atoms with van der Waals surface area (Å²) in [7, 11) is 3.23. The summed E-state index contributed by atoms with van der Waals surface area (Å²) in [6.45, 7) is 57.8. The average Bonchev–Trinajstić information content (AvgIpc) is 1.76. The van der Waals surface area contributed by atoms with Crippen LogP contribution in [-0.4, -0.2) is 224 Å². The Kier molecular flexibility index (Phi) is 38.1. The number of ether oxygens (including phenoxy) is 11. The van der Waals surface area contributed by atoms with Gasteiger partial charge in [0.1, 0.15) is 127 Å². The number of rotatable bonds is 36. The van der Waals surface area contributed by atoms with Gasteiger partial charge in [0.05, 0.1) is 103 Å². The molecule has 2 aliphatic rings. The minimum absolute atomic E-state index is 0.00679. The first-order chi connectivity index (χ1) is 68.6. The molecule has 0 atom stereocenters. The largest absolute Gasteiger partial charge is 0.497 e. The van der Waals surface area contributed by atoms with Crippen molar-refractivity contribution in [2.45, 2.75) is 199 Å². The molecule has 2 aliphatic heterocycles. The van der Waals surface area contributed by atoms with Gasteiger partial charge in [-0.1, -0.05) is 53.8 Å². The fraction of sp³-hybridized carbons (Fsp3) is 0.425. The van der Waals surface area contributed by atoms with E-state index in [1.807, 2.05) is 230 Å². The summed E-state index contributed by atoms with van der Waals surface area (Å²) in [5, 5.41) is 38.1. The van der Waals surface area contributed by atoms with E-state index in [0.29, 0.717) is 144 Å². The van der Waals surface area contributed by atoms with E-state index in [1.165, 1.54) is 11.3 Å². The number of fused-ring (bicyclic) bond motifs is 5. The molecule has 143 heavy (non-hydrogen) atoms. The number of aromatic nitrogens is 12. The predicted octanol–water partition coefficient (Wildman–Crippen LogP) is 23.5. The van der Waals surface area contributed by atoms with Crippen LogP contribution >= 0.6 is 46.1 Å². The maximum absolute atomic E-state index is 6.90.